The van der Waals surface area contributed by atoms with E-state index in [1.165, 1.54) is 31.5 Å². The van der Waals surface area contributed by atoms with Crippen molar-refractivity contribution in [2.75, 3.05) is 31.9 Å². The largest absolute Gasteiger partial charge is 0.485 e. The van der Waals surface area contributed by atoms with Crippen LogP contribution in [0.3, 0.4) is 0 Å². The van der Waals surface area contributed by atoms with E-state index in [4.69, 9.17) is 10.5 Å². The van der Waals surface area contributed by atoms with Gasteiger partial charge >= 0.3 is 0 Å². The Morgan fingerprint density at radius 3 is 2.43 bits per heavy atom. The van der Waals surface area contributed by atoms with E-state index in [9.17, 15) is 4.79 Å². The van der Waals surface area contributed by atoms with Crippen molar-refractivity contribution in [3.63, 3.8) is 0 Å². The number of nitrogens with zero attached hydrogens (tertiary/aromatic N) is 3. The molecule has 5 rings (SSSR count). The van der Waals surface area contributed by atoms with Gasteiger partial charge in [-0.2, -0.15) is 0 Å². The summed E-state index contributed by atoms with van der Waals surface area (Å²) in [5.41, 5.74) is 11.0. The highest BCUT2D eigenvalue weighted by Gasteiger charge is 2.28. The van der Waals surface area contributed by atoms with Crippen LogP contribution in [0.5, 0.6) is 5.75 Å². The fraction of sp³-hybridized carbons (Fsp3) is 0.379. The maximum absolute atomic E-state index is 13.1. The molecule has 0 spiro atoms. The van der Waals surface area contributed by atoms with Crippen LogP contribution in [0.25, 0.3) is 11.1 Å². The summed E-state index contributed by atoms with van der Waals surface area (Å²) >= 11 is 0. The Hall–Kier alpha value is -3.38. The number of hydrogen-bond donors (Lipinski definition) is 1. The molecule has 182 valence electrons. The highest BCUT2D eigenvalue weighted by Crippen LogP contribution is 2.29. The molecule has 2 N–H and O–H groups in total. The van der Waals surface area contributed by atoms with E-state index < -0.39 is 0 Å². The van der Waals surface area contributed by atoms with Gasteiger partial charge in [0, 0.05) is 36.5 Å². The van der Waals surface area contributed by atoms with Crippen LogP contribution in [0, 0.1) is 6.92 Å². The molecule has 0 aliphatic carbocycles. The highest BCUT2D eigenvalue weighted by atomic mass is 16.5. The number of nitrogens with two attached hydrogens (primary N) is 1. The first-order valence-corrected chi connectivity index (χ1v) is 12.6. The van der Waals surface area contributed by atoms with Crippen LogP contribution in [0.2, 0.25) is 0 Å². The molecule has 6 heteroatoms. The van der Waals surface area contributed by atoms with E-state index in [1.54, 1.807) is 6.20 Å². The Morgan fingerprint density at radius 2 is 1.71 bits per heavy atom. The SMILES string of the molecule is Cc1ccccc1COc1cc(-c2ccc(C(=O)N3CCC(N4CCCC4)CC3)cc2)cnc1N. The van der Waals surface area contributed by atoms with Gasteiger partial charge in [0.05, 0.1) is 0 Å². The average Bonchev–Trinajstić information content (AvgIpc) is 3.44. The number of benzene rings is 2. The Kier molecular flexibility index (Phi) is 7.00. The number of pyridine rings is 1. The van der Waals surface area contributed by atoms with Crippen LogP contribution >= 0.6 is 0 Å². The summed E-state index contributed by atoms with van der Waals surface area (Å²) in [4.78, 5) is 22.0. The highest BCUT2D eigenvalue weighted by molar-refractivity contribution is 5.94. The molecule has 1 amide bonds. The van der Waals surface area contributed by atoms with Gasteiger partial charge in [0.15, 0.2) is 11.6 Å². The van der Waals surface area contributed by atoms with Gasteiger partial charge < -0.3 is 20.3 Å². The van der Waals surface area contributed by atoms with Crippen molar-refractivity contribution in [1.82, 2.24) is 14.8 Å². The lowest BCUT2D eigenvalue weighted by Crippen LogP contribution is -2.45. The number of hydrogen-bond acceptors (Lipinski definition) is 5. The van der Waals surface area contributed by atoms with E-state index >= 15 is 0 Å². The van der Waals surface area contributed by atoms with Crippen LogP contribution in [0.4, 0.5) is 5.82 Å². The van der Waals surface area contributed by atoms with Crippen molar-refractivity contribution in [1.29, 1.82) is 0 Å². The first-order valence-electron chi connectivity index (χ1n) is 12.6. The summed E-state index contributed by atoms with van der Waals surface area (Å²) < 4.78 is 6.00. The van der Waals surface area contributed by atoms with Crippen LogP contribution < -0.4 is 10.5 Å². The number of rotatable bonds is 6. The molecule has 0 bridgehead atoms. The number of aromatic nitrogens is 1. The molecular weight excluding hydrogens is 436 g/mol. The standard InChI is InChI=1S/C29H34N4O2/c1-21-6-2-3-7-24(21)20-35-27-18-25(19-31-28(27)30)22-8-10-23(11-9-22)29(34)33-16-12-26(13-17-33)32-14-4-5-15-32/h2-3,6-11,18-19,26H,4-5,12-17,20H2,1H3,(H2,30,31). The zero-order valence-electron chi connectivity index (χ0n) is 20.5. The quantitative estimate of drug-likeness (QED) is 0.554. The van der Waals surface area contributed by atoms with Gasteiger partial charge in [-0.15, -0.1) is 0 Å². The number of anilines is 1. The monoisotopic (exact) mass is 470 g/mol. The molecule has 2 saturated heterocycles. The predicted octanol–water partition coefficient (Wildman–Crippen LogP) is 4.92. The average molecular weight is 471 g/mol. The van der Waals surface area contributed by atoms with Crippen molar-refractivity contribution in [2.24, 2.45) is 0 Å². The fourth-order valence-electron chi connectivity index (χ4n) is 5.18. The molecule has 2 aliphatic rings. The van der Waals surface area contributed by atoms with E-state index in [2.05, 4.69) is 22.9 Å². The van der Waals surface area contributed by atoms with Crippen molar-refractivity contribution in [2.45, 2.75) is 45.3 Å². The van der Waals surface area contributed by atoms with Crippen molar-refractivity contribution in [3.8, 4) is 16.9 Å². The molecule has 3 heterocycles. The minimum absolute atomic E-state index is 0.120. The second-order valence-electron chi connectivity index (χ2n) is 9.67. The Morgan fingerprint density at radius 1 is 1.00 bits per heavy atom. The molecule has 0 unspecified atom stereocenters. The molecule has 6 nitrogen and oxygen atoms in total. The summed E-state index contributed by atoms with van der Waals surface area (Å²) in [6, 6.07) is 18.5. The number of aryl methyl sites for hydroxylation is 1. The van der Waals surface area contributed by atoms with Crippen LogP contribution in [0.1, 0.15) is 47.2 Å². The third kappa shape index (κ3) is 5.33. The minimum Gasteiger partial charge on any atom is -0.485 e. The number of nitrogen functional groups attached to an aromatic ring is 1. The van der Waals surface area contributed by atoms with E-state index in [0.29, 0.717) is 24.2 Å². The summed E-state index contributed by atoms with van der Waals surface area (Å²) in [6.45, 7) is 6.62. The lowest BCUT2D eigenvalue weighted by molar-refractivity contribution is 0.0644. The molecular formula is C29H34N4O2. The van der Waals surface area contributed by atoms with Gasteiger partial charge in [-0.25, -0.2) is 4.98 Å². The third-order valence-electron chi connectivity index (χ3n) is 7.40. The first kappa shape index (κ1) is 23.4. The Labute approximate surface area is 207 Å². The summed E-state index contributed by atoms with van der Waals surface area (Å²) in [7, 11) is 0. The number of carbonyl (C=O) groups is 1. The normalized spacial score (nSPS) is 17.0. The number of amides is 1. The van der Waals surface area contributed by atoms with E-state index in [1.807, 2.05) is 53.4 Å². The van der Waals surface area contributed by atoms with E-state index in [0.717, 1.165) is 48.2 Å². The van der Waals surface area contributed by atoms with Gasteiger partial charge in [0.25, 0.3) is 5.91 Å². The molecule has 1 aromatic heterocycles. The Balaban J connectivity index is 1.22. The van der Waals surface area contributed by atoms with E-state index in [-0.39, 0.29) is 5.91 Å². The second kappa shape index (κ2) is 10.5. The molecule has 35 heavy (non-hydrogen) atoms. The minimum atomic E-state index is 0.120. The van der Waals surface area contributed by atoms with Gasteiger partial charge in [-0.05, 0) is 80.6 Å². The molecule has 2 aromatic carbocycles. The van der Waals surface area contributed by atoms with Crippen LogP contribution in [-0.4, -0.2) is 52.9 Å². The maximum atomic E-state index is 13.1. The smallest absolute Gasteiger partial charge is 0.253 e. The molecule has 3 aromatic rings. The van der Waals surface area contributed by atoms with Gasteiger partial charge in [-0.1, -0.05) is 36.4 Å². The zero-order valence-corrected chi connectivity index (χ0v) is 20.5. The van der Waals surface area contributed by atoms with Crippen molar-refractivity contribution < 1.29 is 9.53 Å². The number of likely N-dealkylation sites (tertiary alicyclic amines) is 2. The van der Waals surface area contributed by atoms with Gasteiger partial charge in [0.1, 0.15) is 6.61 Å². The second-order valence-corrected chi connectivity index (χ2v) is 9.67. The lowest BCUT2D eigenvalue weighted by atomic mass is 10.0. The fourth-order valence-corrected chi connectivity index (χ4v) is 5.18. The maximum Gasteiger partial charge on any atom is 0.253 e. The lowest BCUT2D eigenvalue weighted by Gasteiger charge is -2.36. The van der Waals surface area contributed by atoms with Gasteiger partial charge in [0.2, 0.25) is 0 Å². The first-order chi connectivity index (χ1) is 17.1. The summed E-state index contributed by atoms with van der Waals surface area (Å²) in [5.74, 6) is 1.05. The summed E-state index contributed by atoms with van der Waals surface area (Å²) in [5, 5.41) is 0. The molecule has 2 aliphatic heterocycles. The topological polar surface area (TPSA) is 71.7 Å². The van der Waals surface area contributed by atoms with Crippen molar-refractivity contribution >= 4 is 11.7 Å². The van der Waals surface area contributed by atoms with Crippen LogP contribution in [0.15, 0.2) is 60.8 Å². The predicted molar refractivity (Wildman–Crippen MR) is 139 cm³/mol. The molecule has 0 atom stereocenters. The van der Waals surface area contributed by atoms with Gasteiger partial charge in [-0.3, -0.25) is 4.79 Å². The Bertz CT molecular complexity index is 1160. The molecule has 0 radical (unpaired) electrons. The zero-order chi connectivity index (χ0) is 24.2. The van der Waals surface area contributed by atoms with Crippen LogP contribution in [-0.2, 0) is 6.61 Å². The molecule has 2 fully saturated rings. The number of piperidine rings is 1. The number of ether oxygens (including phenoxy) is 1. The van der Waals surface area contributed by atoms with Crippen molar-refractivity contribution in [3.05, 3.63) is 77.5 Å². The third-order valence-corrected chi connectivity index (χ3v) is 7.40. The summed E-state index contributed by atoms with van der Waals surface area (Å²) in [6.07, 6.45) is 6.53. The number of carbonyl (C=O) groups excluding carboxylic acids is 1. The molecule has 0 saturated carbocycles.